The molecular weight excluding hydrogens is 617 g/mol. The molecule has 0 saturated heterocycles. The van der Waals surface area contributed by atoms with Gasteiger partial charge in [0.2, 0.25) is 0 Å². The van der Waals surface area contributed by atoms with E-state index in [1.807, 2.05) is 0 Å². The fourth-order valence-corrected chi connectivity index (χ4v) is 8.46. The van der Waals surface area contributed by atoms with Crippen molar-refractivity contribution >= 4 is 17.6 Å². The van der Waals surface area contributed by atoms with Crippen LogP contribution in [0.1, 0.15) is 160 Å². The second kappa shape index (κ2) is 22.9. The molecule has 0 spiro atoms. The maximum absolute atomic E-state index is 11.5. The largest absolute Gasteiger partial charge is 4.00 e. The van der Waals surface area contributed by atoms with Gasteiger partial charge < -0.3 is 20.4 Å². The van der Waals surface area contributed by atoms with Gasteiger partial charge in [0.05, 0.1) is 0 Å². The third-order valence-corrected chi connectivity index (χ3v) is 11.8. The third-order valence-electron chi connectivity index (χ3n) is 11.8. The SMILES string of the molecule is CC1CCC(C(C)C)C([O-])C1.CC1CCC(C(C)C)C([O-])C1.CC1CCC(C(C)C)C([O-])C1.CC1CCC(C(C)C)C([O-])C1.[Ge+4]. The predicted octanol–water partition coefficient (Wildman–Crippen LogP) is 6.85. The summed E-state index contributed by atoms with van der Waals surface area (Å²) < 4.78 is 0. The molecule has 45 heavy (non-hydrogen) atoms. The first kappa shape index (κ1) is 45.4. The molecule has 4 nitrogen and oxygen atoms in total. The first-order valence-corrected chi connectivity index (χ1v) is 19.1. The quantitative estimate of drug-likeness (QED) is 0.302. The van der Waals surface area contributed by atoms with E-state index in [9.17, 15) is 20.4 Å². The maximum Gasteiger partial charge on any atom is 4.00 e. The molecule has 0 aromatic carbocycles. The molecular formula is C40H76GeO4. The van der Waals surface area contributed by atoms with Gasteiger partial charge in [-0.25, -0.2) is 0 Å². The van der Waals surface area contributed by atoms with Crippen LogP contribution in [0, 0.1) is 71.0 Å². The molecule has 4 rings (SSSR count). The minimum Gasteiger partial charge on any atom is -0.852 e. The van der Waals surface area contributed by atoms with E-state index in [1.165, 1.54) is 25.7 Å². The van der Waals surface area contributed by atoms with Gasteiger partial charge in [-0.2, -0.15) is 0 Å². The molecule has 0 aliphatic heterocycles. The van der Waals surface area contributed by atoms with E-state index in [1.54, 1.807) is 0 Å². The van der Waals surface area contributed by atoms with Gasteiger partial charge in [0.1, 0.15) is 0 Å². The molecule has 5 heteroatoms. The van der Waals surface area contributed by atoms with Crippen molar-refractivity contribution in [2.75, 3.05) is 0 Å². The molecule has 264 valence electrons. The summed E-state index contributed by atoms with van der Waals surface area (Å²) in [6.45, 7) is 26.2. The van der Waals surface area contributed by atoms with E-state index >= 15 is 0 Å². The van der Waals surface area contributed by atoms with E-state index in [-0.39, 0.29) is 42.0 Å². The first-order chi connectivity index (χ1) is 20.4. The molecule has 0 aromatic heterocycles. The molecule has 4 fully saturated rings. The summed E-state index contributed by atoms with van der Waals surface area (Å²) in [6, 6.07) is 0. The Bertz CT molecular complexity index is 607. The molecule has 0 amide bonds. The summed E-state index contributed by atoms with van der Waals surface area (Å²) in [7, 11) is 0. The van der Waals surface area contributed by atoms with Crippen molar-refractivity contribution < 1.29 is 20.4 Å². The molecule has 0 bridgehead atoms. The summed E-state index contributed by atoms with van der Waals surface area (Å²) in [5.41, 5.74) is 0. The van der Waals surface area contributed by atoms with Gasteiger partial charge in [-0.3, -0.25) is 0 Å². The predicted molar refractivity (Wildman–Crippen MR) is 186 cm³/mol. The molecule has 0 N–H and O–H groups in total. The fourth-order valence-electron chi connectivity index (χ4n) is 8.46. The van der Waals surface area contributed by atoms with E-state index in [0.717, 1.165) is 51.4 Å². The third kappa shape index (κ3) is 17.0. The van der Waals surface area contributed by atoms with Crippen LogP contribution in [0.25, 0.3) is 0 Å². The van der Waals surface area contributed by atoms with Gasteiger partial charge in [-0.1, -0.05) is 184 Å². The zero-order chi connectivity index (χ0) is 33.7. The van der Waals surface area contributed by atoms with Crippen molar-refractivity contribution in [2.45, 2.75) is 185 Å². The van der Waals surface area contributed by atoms with E-state index in [0.29, 0.717) is 71.0 Å². The molecule has 12 atom stereocenters. The molecule has 0 aromatic rings. The van der Waals surface area contributed by atoms with Crippen LogP contribution < -0.4 is 20.4 Å². The van der Waals surface area contributed by atoms with Gasteiger partial charge >= 0.3 is 17.6 Å². The van der Waals surface area contributed by atoms with Crippen molar-refractivity contribution in [2.24, 2.45) is 71.0 Å². The van der Waals surface area contributed by atoms with E-state index in [2.05, 4.69) is 83.1 Å². The Morgan fingerprint density at radius 1 is 0.333 bits per heavy atom. The van der Waals surface area contributed by atoms with E-state index < -0.39 is 0 Å². The Labute approximate surface area is 292 Å². The summed E-state index contributed by atoms with van der Waals surface area (Å²) in [6.07, 6.45) is 12.2. The van der Waals surface area contributed by atoms with Crippen LogP contribution in [0.15, 0.2) is 0 Å². The zero-order valence-corrected chi connectivity index (χ0v) is 34.0. The fraction of sp³-hybridized carbons (Fsp3) is 1.00. The van der Waals surface area contributed by atoms with Crippen LogP contribution in [0.4, 0.5) is 0 Å². The average molecular weight is 694 g/mol. The van der Waals surface area contributed by atoms with Gasteiger partial charge in [0.15, 0.2) is 0 Å². The zero-order valence-electron chi connectivity index (χ0n) is 31.9. The van der Waals surface area contributed by atoms with Gasteiger partial charge in [-0.05, 0) is 47.3 Å². The van der Waals surface area contributed by atoms with Crippen molar-refractivity contribution in [3.63, 3.8) is 0 Å². The van der Waals surface area contributed by atoms with Crippen LogP contribution in [0.2, 0.25) is 0 Å². The van der Waals surface area contributed by atoms with Crippen molar-refractivity contribution in [1.29, 1.82) is 0 Å². The summed E-state index contributed by atoms with van der Waals surface area (Å²) in [5.74, 6) is 6.85. The minimum absolute atomic E-state index is 0. The standard InChI is InChI=1S/4C10H19O.Ge/c4*1-7(2)9-5-4-8(3)6-10(9)11;/h4*7-10H,4-6H2,1-3H3;/q4*-1;+4. The van der Waals surface area contributed by atoms with Crippen LogP contribution in [0.3, 0.4) is 0 Å². The smallest absolute Gasteiger partial charge is 0.852 e. The second-order valence-corrected chi connectivity index (χ2v) is 17.5. The second-order valence-electron chi connectivity index (χ2n) is 17.5. The first-order valence-electron chi connectivity index (χ1n) is 19.1. The molecule has 0 heterocycles. The summed E-state index contributed by atoms with van der Waals surface area (Å²) in [5, 5.41) is 46.1. The van der Waals surface area contributed by atoms with Crippen LogP contribution in [-0.4, -0.2) is 42.0 Å². The molecule has 4 aliphatic rings. The molecule has 12 unspecified atom stereocenters. The Balaban J connectivity index is 0.000000569. The number of hydrogen-bond acceptors (Lipinski definition) is 4. The Morgan fingerprint density at radius 2 is 0.489 bits per heavy atom. The van der Waals surface area contributed by atoms with Crippen LogP contribution in [0.5, 0.6) is 0 Å². The van der Waals surface area contributed by atoms with Crippen molar-refractivity contribution in [3.05, 3.63) is 0 Å². The average Bonchev–Trinajstić information content (AvgIpc) is 2.89. The number of hydrogen-bond donors (Lipinski definition) is 0. The van der Waals surface area contributed by atoms with Gasteiger partial charge in [0, 0.05) is 0 Å². The minimum atomic E-state index is -0.279. The topological polar surface area (TPSA) is 92.2 Å². The van der Waals surface area contributed by atoms with E-state index in [4.69, 9.17) is 0 Å². The van der Waals surface area contributed by atoms with Gasteiger partial charge in [0.25, 0.3) is 0 Å². The summed E-state index contributed by atoms with van der Waals surface area (Å²) >= 11 is 0. The Hall–Kier alpha value is 0.383. The monoisotopic (exact) mass is 694 g/mol. The Morgan fingerprint density at radius 3 is 0.600 bits per heavy atom. The summed E-state index contributed by atoms with van der Waals surface area (Å²) in [4.78, 5) is 0. The molecule has 0 radical (unpaired) electrons. The normalized spacial score (nSPS) is 38.7. The van der Waals surface area contributed by atoms with Crippen molar-refractivity contribution in [1.82, 2.24) is 0 Å². The van der Waals surface area contributed by atoms with Crippen molar-refractivity contribution in [3.8, 4) is 0 Å². The van der Waals surface area contributed by atoms with Gasteiger partial charge in [-0.15, -0.1) is 24.4 Å². The Kier molecular flexibility index (Phi) is 23.1. The number of rotatable bonds is 4. The maximum atomic E-state index is 11.5. The van der Waals surface area contributed by atoms with Crippen LogP contribution >= 0.6 is 0 Å². The van der Waals surface area contributed by atoms with Crippen LogP contribution in [-0.2, 0) is 0 Å². The molecule has 4 aliphatic carbocycles. The molecule has 4 saturated carbocycles.